The Balaban J connectivity index is 3.35. The smallest absolute Gasteiger partial charge is 0.308 e. The first-order chi connectivity index (χ1) is 7.82. The molecule has 0 N–H and O–H groups in total. The first-order valence-corrected chi connectivity index (χ1v) is 5.66. The fourth-order valence-corrected chi connectivity index (χ4v) is 1.77. The highest BCUT2D eigenvalue weighted by molar-refractivity contribution is 5.96. The van der Waals surface area contributed by atoms with E-state index in [9.17, 15) is 9.59 Å². The first kappa shape index (κ1) is 13.4. The molecule has 0 atom stereocenters. The van der Waals surface area contributed by atoms with E-state index in [1.54, 1.807) is 6.07 Å². The Morgan fingerprint density at radius 3 is 2.18 bits per heavy atom. The zero-order valence-electron chi connectivity index (χ0n) is 11.0. The summed E-state index contributed by atoms with van der Waals surface area (Å²) in [6, 6.07) is 3.58. The second-order valence-corrected chi connectivity index (χ2v) is 4.51. The molecular weight excluding hydrogens is 216 g/mol. The van der Waals surface area contributed by atoms with E-state index in [2.05, 4.69) is 0 Å². The molecule has 1 aromatic rings. The van der Waals surface area contributed by atoms with Crippen LogP contribution in [0, 0.1) is 6.92 Å². The Morgan fingerprint density at radius 2 is 1.76 bits per heavy atom. The molecule has 0 bridgehead atoms. The minimum Gasteiger partial charge on any atom is -0.426 e. The average molecular weight is 234 g/mol. The summed E-state index contributed by atoms with van der Waals surface area (Å²) in [5.41, 5.74) is 2.40. The molecule has 0 aliphatic carbocycles. The minimum absolute atomic E-state index is 0.0266. The van der Waals surface area contributed by atoms with Crippen molar-refractivity contribution in [3.63, 3.8) is 0 Å². The Bertz CT molecular complexity index is 459. The molecule has 0 radical (unpaired) electrons. The SMILES string of the molecule is CC(=O)Oc1cc(C)c(C(C)=O)cc1C(C)C. The molecule has 3 heteroatoms. The second kappa shape index (κ2) is 5.13. The summed E-state index contributed by atoms with van der Waals surface area (Å²) in [6.45, 7) is 8.76. The molecule has 0 aromatic heterocycles. The molecule has 17 heavy (non-hydrogen) atoms. The van der Waals surface area contributed by atoms with E-state index in [1.807, 2.05) is 26.8 Å². The van der Waals surface area contributed by atoms with Crippen LogP contribution >= 0.6 is 0 Å². The lowest BCUT2D eigenvalue weighted by Gasteiger charge is -2.15. The lowest BCUT2D eigenvalue weighted by Crippen LogP contribution is -2.07. The van der Waals surface area contributed by atoms with Gasteiger partial charge < -0.3 is 4.74 Å². The van der Waals surface area contributed by atoms with Gasteiger partial charge >= 0.3 is 5.97 Å². The van der Waals surface area contributed by atoms with Crippen molar-refractivity contribution in [2.75, 3.05) is 0 Å². The molecule has 1 aromatic carbocycles. The maximum Gasteiger partial charge on any atom is 0.308 e. The van der Waals surface area contributed by atoms with Gasteiger partial charge in [0.15, 0.2) is 5.78 Å². The molecule has 0 fully saturated rings. The van der Waals surface area contributed by atoms with Crippen LogP contribution in [0.2, 0.25) is 0 Å². The first-order valence-electron chi connectivity index (χ1n) is 5.66. The van der Waals surface area contributed by atoms with Gasteiger partial charge in [0.05, 0.1) is 0 Å². The monoisotopic (exact) mass is 234 g/mol. The third-order valence-electron chi connectivity index (χ3n) is 2.61. The third kappa shape index (κ3) is 3.16. The molecule has 0 heterocycles. The number of ketones is 1. The van der Waals surface area contributed by atoms with Gasteiger partial charge in [-0.2, -0.15) is 0 Å². The molecule has 3 nitrogen and oxygen atoms in total. The number of rotatable bonds is 3. The van der Waals surface area contributed by atoms with Gasteiger partial charge in [-0.15, -0.1) is 0 Å². The number of benzene rings is 1. The number of carbonyl (C=O) groups excluding carboxylic acids is 2. The summed E-state index contributed by atoms with van der Waals surface area (Å²) in [7, 11) is 0. The fraction of sp³-hybridized carbons (Fsp3) is 0.429. The Morgan fingerprint density at radius 1 is 1.18 bits per heavy atom. The highest BCUT2D eigenvalue weighted by Gasteiger charge is 2.15. The number of ether oxygens (including phenoxy) is 1. The topological polar surface area (TPSA) is 43.4 Å². The van der Waals surface area contributed by atoms with Gasteiger partial charge in [0.25, 0.3) is 0 Å². The van der Waals surface area contributed by atoms with Crippen molar-refractivity contribution in [3.05, 3.63) is 28.8 Å². The predicted octanol–water partition coefficient (Wildman–Crippen LogP) is 3.25. The van der Waals surface area contributed by atoms with Gasteiger partial charge in [-0.25, -0.2) is 0 Å². The van der Waals surface area contributed by atoms with Crippen molar-refractivity contribution in [2.45, 2.75) is 40.5 Å². The zero-order valence-corrected chi connectivity index (χ0v) is 11.0. The van der Waals surface area contributed by atoms with Crippen molar-refractivity contribution in [1.29, 1.82) is 0 Å². The Hall–Kier alpha value is -1.64. The van der Waals surface area contributed by atoms with Crippen molar-refractivity contribution >= 4 is 11.8 Å². The number of carbonyl (C=O) groups is 2. The second-order valence-electron chi connectivity index (χ2n) is 4.51. The molecule has 0 amide bonds. The molecule has 0 aliphatic rings. The van der Waals surface area contributed by atoms with Gasteiger partial charge in [0.1, 0.15) is 5.75 Å². The molecule has 1 rings (SSSR count). The third-order valence-corrected chi connectivity index (χ3v) is 2.61. The van der Waals surface area contributed by atoms with Gasteiger partial charge in [-0.1, -0.05) is 13.8 Å². The standard InChI is InChI=1S/C14H18O3/c1-8(2)12-7-13(10(4)15)9(3)6-14(12)17-11(5)16/h6-8H,1-5H3. The van der Waals surface area contributed by atoms with Crippen LogP contribution in [0.3, 0.4) is 0 Å². The molecule has 0 aliphatic heterocycles. The summed E-state index contributed by atoms with van der Waals surface area (Å²) in [5, 5.41) is 0. The Labute approximate surface area is 102 Å². The highest BCUT2D eigenvalue weighted by Crippen LogP contribution is 2.30. The van der Waals surface area contributed by atoms with Crippen LogP contribution in [0.1, 0.15) is 55.1 Å². The number of aryl methyl sites for hydroxylation is 1. The number of hydrogen-bond donors (Lipinski definition) is 0. The lowest BCUT2D eigenvalue weighted by atomic mass is 9.95. The van der Waals surface area contributed by atoms with Crippen molar-refractivity contribution < 1.29 is 14.3 Å². The number of hydrogen-bond acceptors (Lipinski definition) is 3. The van der Waals surface area contributed by atoms with Gasteiger partial charge in [0.2, 0.25) is 0 Å². The van der Waals surface area contributed by atoms with Crippen LogP contribution in [-0.4, -0.2) is 11.8 Å². The van der Waals surface area contributed by atoms with Gasteiger partial charge in [-0.05, 0) is 43.0 Å². The Kier molecular flexibility index (Phi) is 4.05. The maximum absolute atomic E-state index is 11.5. The predicted molar refractivity (Wildman–Crippen MR) is 66.6 cm³/mol. The van der Waals surface area contributed by atoms with Crippen LogP contribution in [0.5, 0.6) is 5.75 Å². The van der Waals surface area contributed by atoms with Crippen LogP contribution < -0.4 is 4.74 Å². The van der Waals surface area contributed by atoms with Crippen LogP contribution in [-0.2, 0) is 4.79 Å². The minimum atomic E-state index is -0.345. The van der Waals surface area contributed by atoms with E-state index in [0.717, 1.165) is 11.1 Å². The number of Topliss-reactive ketones (excluding diaryl/α,β-unsaturated/α-hetero) is 1. The van der Waals surface area contributed by atoms with E-state index in [0.29, 0.717) is 11.3 Å². The summed E-state index contributed by atoms with van der Waals surface area (Å²) < 4.78 is 5.17. The number of esters is 1. The fourth-order valence-electron chi connectivity index (χ4n) is 1.77. The maximum atomic E-state index is 11.5. The van der Waals surface area contributed by atoms with Crippen LogP contribution in [0.25, 0.3) is 0 Å². The lowest BCUT2D eigenvalue weighted by molar-refractivity contribution is -0.131. The zero-order chi connectivity index (χ0) is 13.2. The highest BCUT2D eigenvalue weighted by atomic mass is 16.5. The average Bonchev–Trinajstić information content (AvgIpc) is 2.15. The quantitative estimate of drug-likeness (QED) is 0.458. The van der Waals surface area contributed by atoms with E-state index in [4.69, 9.17) is 4.74 Å². The molecule has 92 valence electrons. The van der Waals surface area contributed by atoms with E-state index < -0.39 is 0 Å². The molecule has 0 saturated heterocycles. The summed E-state index contributed by atoms with van der Waals surface area (Å²) in [5.74, 6) is 0.429. The van der Waals surface area contributed by atoms with Crippen LogP contribution in [0.4, 0.5) is 0 Å². The molecule has 0 unspecified atom stereocenters. The van der Waals surface area contributed by atoms with Gasteiger partial charge in [0, 0.05) is 12.5 Å². The molecule has 0 saturated carbocycles. The molecular formula is C14H18O3. The van der Waals surface area contributed by atoms with Crippen molar-refractivity contribution in [2.24, 2.45) is 0 Å². The summed E-state index contributed by atoms with van der Waals surface area (Å²) in [6.07, 6.45) is 0. The normalized spacial score (nSPS) is 10.5. The van der Waals surface area contributed by atoms with Crippen LogP contribution in [0.15, 0.2) is 12.1 Å². The van der Waals surface area contributed by atoms with Crippen molar-refractivity contribution in [3.8, 4) is 5.75 Å². The van der Waals surface area contributed by atoms with E-state index in [-0.39, 0.29) is 17.7 Å². The van der Waals surface area contributed by atoms with Crippen molar-refractivity contribution in [1.82, 2.24) is 0 Å². The van der Waals surface area contributed by atoms with E-state index in [1.165, 1.54) is 13.8 Å². The largest absolute Gasteiger partial charge is 0.426 e. The summed E-state index contributed by atoms with van der Waals surface area (Å²) >= 11 is 0. The van der Waals surface area contributed by atoms with E-state index >= 15 is 0 Å². The summed E-state index contributed by atoms with van der Waals surface area (Å²) in [4.78, 5) is 22.5. The van der Waals surface area contributed by atoms with Gasteiger partial charge in [-0.3, -0.25) is 9.59 Å². The molecule has 0 spiro atoms.